The molecule has 128 valence electrons. The molecule has 1 aliphatic rings. The van der Waals surface area contributed by atoms with Crippen molar-refractivity contribution in [2.45, 2.75) is 18.9 Å². The molecule has 0 amide bonds. The number of fused-ring (bicyclic) bond motifs is 1. The summed E-state index contributed by atoms with van der Waals surface area (Å²) in [5, 5.41) is 17.0. The number of aromatic carboxylic acids is 1. The molecule has 0 aromatic carbocycles. The van der Waals surface area contributed by atoms with Crippen LogP contribution in [-0.2, 0) is 4.74 Å². The highest BCUT2D eigenvalue weighted by Gasteiger charge is 2.19. The van der Waals surface area contributed by atoms with E-state index >= 15 is 0 Å². The van der Waals surface area contributed by atoms with Crippen molar-refractivity contribution in [3.05, 3.63) is 42.5 Å². The quantitative estimate of drug-likeness (QED) is 0.750. The van der Waals surface area contributed by atoms with Crippen LogP contribution in [0, 0.1) is 0 Å². The maximum atomic E-state index is 11.5. The summed E-state index contributed by atoms with van der Waals surface area (Å²) in [5.41, 5.74) is 2.77. The molecule has 1 saturated heterocycles. The summed E-state index contributed by atoms with van der Waals surface area (Å²) >= 11 is 0. The van der Waals surface area contributed by atoms with E-state index in [4.69, 9.17) is 4.74 Å². The molecule has 0 aliphatic carbocycles. The lowest BCUT2D eigenvalue weighted by Crippen LogP contribution is -2.28. The Kier molecular flexibility index (Phi) is 4.02. The lowest BCUT2D eigenvalue weighted by atomic mass is 10.1. The van der Waals surface area contributed by atoms with E-state index in [-0.39, 0.29) is 11.6 Å². The summed E-state index contributed by atoms with van der Waals surface area (Å²) < 4.78 is 7.02. The number of pyridine rings is 1. The van der Waals surface area contributed by atoms with E-state index < -0.39 is 5.97 Å². The first-order valence-electron chi connectivity index (χ1n) is 8.09. The van der Waals surface area contributed by atoms with E-state index in [0.717, 1.165) is 18.4 Å². The second-order valence-electron chi connectivity index (χ2n) is 5.90. The van der Waals surface area contributed by atoms with Crippen molar-refractivity contribution in [3.63, 3.8) is 0 Å². The minimum atomic E-state index is -1.01. The summed E-state index contributed by atoms with van der Waals surface area (Å²) in [5.74, 6) is -1.01. The largest absolute Gasteiger partial charge is 0.478 e. The Morgan fingerprint density at radius 3 is 2.92 bits per heavy atom. The van der Waals surface area contributed by atoms with Crippen molar-refractivity contribution >= 4 is 17.3 Å². The van der Waals surface area contributed by atoms with Crippen molar-refractivity contribution < 1.29 is 14.6 Å². The molecule has 1 fully saturated rings. The predicted molar refractivity (Wildman–Crippen MR) is 90.6 cm³/mol. The minimum absolute atomic E-state index is 0.152. The maximum absolute atomic E-state index is 11.5. The molecule has 8 nitrogen and oxygen atoms in total. The van der Waals surface area contributed by atoms with Crippen molar-refractivity contribution in [2.75, 3.05) is 18.5 Å². The molecule has 1 aliphatic heterocycles. The van der Waals surface area contributed by atoms with Gasteiger partial charge in [0.15, 0.2) is 5.65 Å². The van der Waals surface area contributed by atoms with Crippen LogP contribution in [0.3, 0.4) is 0 Å². The van der Waals surface area contributed by atoms with Crippen LogP contribution in [0.4, 0.5) is 5.69 Å². The first-order chi connectivity index (χ1) is 12.2. The van der Waals surface area contributed by atoms with Gasteiger partial charge in [0.25, 0.3) is 0 Å². The Hall–Kier alpha value is -3.00. The summed E-state index contributed by atoms with van der Waals surface area (Å²) in [6.07, 6.45) is 8.24. The number of rotatable bonds is 4. The first-order valence-corrected chi connectivity index (χ1v) is 8.09. The molecule has 4 rings (SSSR count). The van der Waals surface area contributed by atoms with Gasteiger partial charge in [0.05, 0.1) is 23.1 Å². The molecule has 0 saturated carbocycles. The zero-order valence-corrected chi connectivity index (χ0v) is 13.4. The molecule has 0 bridgehead atoms. The lowest BCUT2D eigenvalue weighted by Gasteiger charge is -2.25. The van der Waals surface area contributed by atoms with Gasteiger partial charge in [-0.2, -0.15) is 5.10 Å². The molecular formula is C17H17N5O3. The van der Waals surface area contributed by atoms with Crippen molar-refractivity contribution in [1.29, 1.82) is 0 Å². The van der Waals surface area contributed by atoms with Gasteiger partial charge in [-0.25, -0.2) is 14.3 Å². The SMILES string of the molecule is O=C(O)c1cnc(-c2cnn3cccnc23)cc1NC1CCOCC1. The van der Waals surface area contributed by atoms with E-state index in [0.29, 0.717) is 30.2 Å². The van der Waals surface area contributed by atoms with Gasteiger partial charge in [-0.05, 0) is 25.0 Å². The predicted octanol–water partition coefficient (Wildman–Crippen LogP) is 2.08. The Balaban J connectivity index is 1.74. The number of ether oxygens (including phenoxy) is 1. The lowest BCUT2D eigenvalue weighted by molar-refractivity contribution is 0.0697. The summed E-state index contributed by atoms with van der Waals surface area (Å²) in [6, 6.07) is 3.73. The molecular weight excluding hydrogens is 322 g/mol. The van der Waals surface area contributed by atoms with Crippen LogP contribution in [0.1, 0.15) is 23.2 Å². The zero-order valence-electron chi connectivity index (χ0n) is 13.4. The molecule has 25 heavy (non-hydrogen) atoms. The highest BCUT2D eigenvalue weighted by Crippen LogP contribution is 2.27. The van der Waals surface area contributed by atoms with Gasteiger partial charge in [-0.1, -0.05) is 0 Å². The van der Waals surface area contributed by atoms with Crippen LogP contribution >= 0.6 is 0 Å². The van der Waals surface area contributed by atoms with Crippen LogP contribution in [0.15, 0.2) is 36.9 Å². The van der Waals surface area contributed by atoms with Gasteiger partial charge in [0, 0.05) is 37.8 Å². The molecule has 2 N–H and O–H groups in total. The van der Waals surface area contributed by atoms with Crippen molar-refractivity contribution in [3.8, 4) is 11.3 Å². The van der Waals surface area contributed by atoms with Crippen molar-refractivity contribution in [2.24, 2.45) is 0 Å². The molecule has 8 heteroatoms. The number of anilines is 1. The number of nitrogens with zero attached hydrogens (tertiary/aromatic N) is 4. The summed E-state index contributed by atoms with van der Waals surface area (Å²) in [6.45, 7) is 1.35. The van der Waals surface area contributed by atoms with Crippen LogP contribution in [0.25, 0.3) is 16.9 Å². The molecule has 0 radical (unpaired) electrons. The second-order valence-corrected chi connectivity index (χ2v) is 5.90. The molecule has 4 heterocycles. The van der Waals surface area contributed by atoms with Crippen LogP contribution in [0.5, 0.6) is 0 Å². The normalized spacial score (nSPS) is 15.4. The zero-order chi connectivity index (χ0) is 17.2. The standard InChI is InChI=1S/C17H17N5O3/c23-17(24)13-9-19-14(8-15(13)21-11-2-6-25-7-3-11)12-10-20-22-5-1-4-18-16(12)22/h1,4-5,8-11H,2-3,6-7H2,(H,19,21)(H,23,24). The third-order valence-electron chi connectivity index (χ3n) is 4.27. The van der Waals surface area contributed by atoms with E-state index in [1.54, 1.807) is 35.2 Å². The van der Waals surface area contributed by atoms with E-state index in [9.17, 15) is 9.90 Å². The van der Waals surface area contributed by atoms with Gasteiger partial charge in [-0.15, -0.1) is 0 Å². The van der Waals surface area contributed by atoms with Gasteiger partial charge in [0.1, 0.15) is 5.56 Å². The fourth-order valence-electron chi connectivity index (χ4n) is 2.96. The average Bonchev–Trinajstić information content (AvgIpc) is 3.06. The molecule has 3 aromatic heterocycles. The van der Waals surface area contributed by atoms with Crippen molar-refractivity contribution in [1.82, 2.24) is 19.6 Å². The summed E-state index contributed by atoms with van der Waals surface area (Å²) in [7, 11) is 0. The second kappa shape index (κ2) is 6.48. The number of hydrogen-bond acceptors (Lipinski definition) is 6. The van der Waals surface area contributed by atoms with Gasteiger partial charge in [-0.3, -0.25) is 4.98 Å². The monoisotopic (exact) mass is 339 g/mol. The minimum Gasteiger partial charge on any atom is -0.478 e. The molecule has 0 unspecified atom stereocenters. The van der Waals surface area contributed by atoms with E-state index in [1.807, 2.05) is 0 Å². The first kappa shape index (κ1) is 15.5. The summed E-state index contributed by atoms with van der Waals surface area (Å²) in [4.78, 5) is 20.2. The number of hydrogen-bond donors (Lipinski definition) is 2. The Morgan fingerprint density at radius 1 is 1.28 bits per heavy atom. The highest BCUT2D eigenvalue weighted by atomic mass is 16.5. The highest BCUT2D eigenvalue weighted by molar-refractivity contribution is 5.95. The topological polar surface area (TPSA) is 102 Å². The van der Waals surface area contributed by atoms with E-state index in [1.165, 1.54) is 6.20 Å². The Bertz CT molecular complexity index is 918. The number of carbonyl (C=O) groups is 1. The van der Waals surface area contributed by atoms with Crippen LogP contribution < -0.4 is 5.32 Å². The Morgan fingerprint density at radius 2 is 2.12 bits per heavy atom. The van der Waals surface area contributed by atoms with E-state index in [2.05, 4.69) is 20.4 Å². The van der Waals surface area contributed by atoms with Crippen LogP contribution in [-0.4, -0.2) is 49.9 Å². The van der Waals surface area contributed by atoms with Gasteiger partial charge in [0.2, 0.25) is 0 Å². The van der Waals surface area contributed by atoms with Gasteiger partial charge >= 0.3 is 5.97 Å². The molecule has 0 atom stereocenters. The fraction of sp³-hybridized carbons (Fsp3) is 0.294. The molecule has 0 spiro atoms. The third-order valence-corrected chi connectivity index (χ3v) is 4.27. The average molecular weight is 339 g/mol. The number of carboxylic acids is 1. The molecule has 3 aromatic rings. The number of nitrogens with one attached hydrogen (secondary N) is 1. The smallest absolute Gasteiger partial charge is 0.339 e. The van der Waals surface area contributed by atoms with Crippen LogP contribution in [0.2, 0.25) is 0 Å². The number of carboxylic acid groups (broad SMARTS) is 1. The number of aromatic nitrogens is 4. The van der Waals surface area contributed by atoms with Gasteiger partial charge < -0.3 is 15.2 Å². The fourth-order valence-corrected chi connectivity index (χ4v) is 2.96. The maximum Gasteiger partial charge on any atom is 0.339 e. The Labute approximate surface area is 143 Å². The third kappa shape index (κ3) is 3.03.